The summed E-state index contributed by atoms with van der Waals surface area (Å²) in [5.74, 6) is 0. The summed E-state index contributed by atoms with van der Waals surface area (Å²) in [5.41, 5.74) is 1.68. The van der Waals surface area contributed by atoms with Crippen LogP contribution in [0.3, 0.4) is 0 Å². The Morgan fingerprint density at radius 1 is 1.61 bits per heavy atom. The molecule has 2 heterocycles. The number of nitro groups is 1. The summed E-state index contributed by atoms with van der Waals surface area (Å²) in [6.45, 7) is 0.999. The minimum Gasteiger partial charge on any atom is -0.394 e. The van der Waals surface area contributed by atoms with E-state index in [4.69, 9.17) is 5.11 Å². The van der Waals surface area contributed by atoms with Gasteiger partial charge in [-0.15, -0.1) is 0 Å². The highest BCUT2D eigenvalue weighted by molar-refractivity contribution is 7.13. The van der Waals surface area contributed by atoms with Crippen LogP contribution in [0.2, 0.25) is 0 Å². The summed E-state index contributed by atoms with van der Waals surface area (Å²) in [6, 6.07) is 1.55. The molecule has 0 amide bonds. The molecular formula is C10H12N4O3S. The summed E-state index contributed by atoms with van der Waals surface area (Å²) < 4.78 is 1.62. The van der Waals surface area contributed by atoms with Gasteiger partial charge in [0.15, 0.2) is 0 Å². The molecule has 0 aliphatic heterocycles. The van der Waals surface area contributed by atoms with E-state index in [1.165, 1.54) is 0 Å². The predicted molar refractivity (Wildman–Crippen MR) is 67.6 cm³/mol. The zero-order valence-electron chi connectivity index (χ0n) is 9.44. The number of nitrogens with one attached hydrogen (secondary N) is 1. The molecule has 0 saturated heterocycles. The summed E-state index contributed by atoms with van der Waals surface area (Å²) in [6.07, 6.45) is 3.42. The molecule has 0 bridgehead atoms. The van der Waals surface area contributed by atoms with Crippen LogP contribution in [0.25, 0.3) is 0 Å². The number of aromatic nitrogens is 2. The van der Waals surface area contributed by atoms with E-state index in [1.807, 2.05) is 0 Å². The van der Waals surface area contributed by atoms with Gasteiger partial charge in [-0.3, -0.25) is 14.8 Å². The molecule has 0 radical (unpaired) electrons. The average Bonchev–Trinajstić information content (AvgIpc) is 2.95. The minimum atomic E-state index is -0.395. The van der Waals surface area contributed by atoms with Crippen molar-refractivity contribution in [2.75, 3.05) is 11.9 Å². The highest BCUT2D eigenvalue weighted by atomic mass is 32.1. The normalized spacial score (nSPS) is 10.5. The number of aliphatic hydroxyl groups excluding tert-OH is 1. The number of thiophene rings is 1. The topological polar surface area (TPSA) is 93.2 Å². The molecule has 2 aromatic heterocycles. The van der Waals surface area contributed by atoms with Crippen molar-refractivity contribution in [3.63, 3.8) is 0 Å². The van der Waals surface area contributed by atoms with Gasteiger partial charge in [-0.05, 0) is 5.56 Å². The Bertz CT molecular complexity index is 537. The van der Waals surface area contributed by atoms with Gasteiger partial charge in [0.2, 0.25) is 0 Å². The summed E-state index contributed by atoms with van der Waals surface area (Å²) >= 11 is 1.11. The Labute approximate surface area is 107 Å². The molecule has 0 unspecified atom stereocenters. The molecule has 0 fully saturated rings. The number of nitrogens with zero attached hydrogens (tertiary/aromatic N) is 3. The van der Waals surface area contributed by atoms with Gasteiger partial charge >= 0.3 is 5.00 Å². The van der Waals surface area contributed by atoms with Gasteiger partial charge in [0.05, 0.1) is 30.0 Å². The first kappa shape index (κ1) is 12.5. The lowest BCUT2D eigenvalue weighted by Gasteiger charge is -2.00. The maximum atomic E-state index is 10.5. The molecule has 0 aliphatic carbocycles. The molecule has 96 valence electrons. The number of hydrogen-bond donors (Lipinski definition) is 2. The lowest BCUT2D eigenvalue weighted by molar-refractivity contribution is -0.380. The van der Waals surface area contributed by atoms with Crippen LogP contribution >= 0.6 is 11.3 Å². The highest BCUT2D eigenvalue weighted by Crippen LogP contribution is 2.23. The standard InChI is InChI=1S/C10H12N4O3S/c15-2-1-13-6-9(5-12-13)11-4-8-3-10(14(16)17)18-7-8/h3,5-7,11,15H,1-2,4H2. The second kappa shape index (κ2) is 5.61. The van der Waals surface area contributed by atoms with Crippen molar-refractivity contribution in [3.8, 4) is 0 Å². The van der Waals surface area contributed by atoms with Gasteiger partial charge in [0, 0.05) is 24.2 Å². The maximum absolute atomic E-state index is 10.5. The van der Waals surface area contributed by atoms with Crippen molar-refractivity contribution >= 4 is 22.0 Å². The zero-order valence-corrected chi connectivity index (χ0v) is 10.3. The first-order valence-electron chi connectivity index (χ1n) is 5.28. The zero-order chi connectivity index (χ0) is 13.0. The van der Waals surface area contributed by atoms with Crippen LogP contribution in [-0.2, 0) is 13.1 Å². The van der Waals surface area contributed by atoms with Gasteiger partial charge in [-0.25, -0.2) is 0 Å². The molecule has 2 aromatic rings. The number of hydrogen-bond acceptors (Lipinski definition) is 6. The molecule has 18 heavy (non-hydrogen) atoms. The molecule has 8 heteroatoms. The van der Waals surface area contributed by atoms with Crippen molar-refractivity contribution in [1.29, 1.82) is 0 Å². The first-order valence-corrected chi connectivity index (χ1v) is 6.16. The van der Waals surface area contributed by atoms with Gasteiger partial charge in [-0.1, -0.05) is 11.3 Å². The second-order valence-electron chi connectivity index (χ2n) is 3.62. The smallest absolute Gasteiger partial charge is 0.324 e. The van der Waals surface area contributed by atoms with Crippen LogP contribution in [0.15, 0.2) is 23.8 Å². The first-order chi connectivity index (χ1) is 8.69. The third-order valence-electron chi connectivity index (χ3n) is 2.28. The number of anilines is 1. The number of aliphatic hydroxyl groups is 1. The quantitative estimate of drug-likeness (QED) is 0.611. The predicted octanol–water partition coefficient (Wildman–Crippen LogP) is 1.46. The summed E-state index contributed by atoms with van der Waals surface area (Å²) in [5, 5.41) is 28.3. The third kappa shape index (κ3) is 3.05. The van der Waals surface area contributed by atoms with Gasteiger partial charge in [0.1, 0.15) is 0 Å². The van der Waals surface area contributed by atoms with Crippen LogP contribution in [-0.4, -0.2) is 26.4 Å². The molecule has 7 nitrogen and oxygen atoms in total. The molecule has 0 aromatic carbocycles. The Morgan fingerprint density at radius 2 is 2.44 bits per heavy atom. The minimum absolute atomic E-state index is 0.0395. The van der Waals surface area contributed by atoms with Crippen LogP contribution in [0.1, 0.15) is 5.56 Å². The van der Waals surface area contributed by atoms with E-state index in [-0.39, 0.29) is 11.6 Å². The van der Waals surface area contributed by atoms with Gasteiger partial charge in [0.25, 0.3) is 0 Å². The average molecular weight is 268 g/mol. The van der Waals surface area contributed by atoms with Crippen LogP contribution in [0.4, 0.5) is 10.7 Å². The van der Waals surface area contributed by atoms with Crippen LogP contribution in [0, 0.1) is 10.1 Å². The molecule has 0 atom stereocenters. The fraction of sp³-hybridized carbons (Fsp3) is 0.300. The Morgan fingerprint density at radius 3 is 3.11 bits per heavy atom. The highest BCUT2D eigenvalue weighted by Gasteiger charge is 2.09. The molecule has 2 rings (SSSR count). The Hall–Kier alpha value is -1.93. The van der Waals surface area contributed by atoms with E-state index in [9.17, 15) is 10.1 Å². The summed E-state index contributed by atoms with van der Waals surface area (Å²) in [7, 11) is 0. The Kier molecular flexibility index (Phi) is 3.90. The van der Waals surface area contributed by atoms with Gasteiger partial charge in [-0.2, -0.15) is 5.10 Å². The lowest BCUT2D eigenvalue weighted by Crippen LogP contribution is -2.02. The van der Waals surface area contributed by atoms with E-state index < -0.39 is 4.92 Å². The van der Waals surface area contributed by atoms with E-state index >= 15 is 0 Å². The van der Waals surface area contributed by atoms with E-state index in [2.05, 4.69) is 10.4 Å². The monoisotopic (exact) mass is 268 g/mol. The van der Waals surface area contributed by atoms with Crippen molar-refractivity contribution in [2.24, 2.45) is 0 Å². The van der Waals surface area contributed by atoms with Crippen molar-refractivity contribution in [3.05, 3.63) is 39.5 Å². The van der Waals surface area contributed by atoms with Crippen LogP contribution in [0.5, 0.6) is 0 Å². The fourth-order valence-corrected chi connectivity index (χ4v) is 2.16. The number of rotatable bonds is 6. The molecule has 0 spiro atoms. The maximum Gasteiger partial charge on any atom is 0.324 e. The SMILES string of the molecule is O=[N+]([O-])c1cc(CNc2cnn(CCO)c2)cs1. The Balaban J connectivity index is 1.91. The van der Waals surface area contributed by atoms with Crippen molar-refractivity contribution < 1.29 is 10.0 Å². The van der Waals surface area contributed by atoms with E-state index in [0.29, 0.717) is 13.1 Å². The largest absolute Gasteiger partial charge is 0.394 e. The summed E-state index contributed by atoms with van der Waals surface area (Å²) in [4.78, 5) is 10.1. The van der Waals surface area contributed by atoms with Gasteiger partial charge < -0.3 is 10.4 Å². The van der Waals surface area contributed by atoms with Crippen molar-refractivity contribution in [2.45, 2.75) is 13.1 Å². The lowest BCUT2D eigenvalue weighted by atomic mass is 10.3. The molecule has 0 aliphatic rings. The third-order valence-corrected chi connectivity index (χ3v) is 3.21. The molecule has 0 saturated carbocycles. The molecule has 2 N–H and O–H groups in total. The fourth-order valence-electron chi connectivity index (χ4n) is 1.43. The van der Waals surface area contributed by atoms with E-state index in [1.54, 1.807) is 28.5 Å². The van der Waals surface area contributed by atoms with Crippen LogP contribution < -0.4 is 5.32 Å². The molecular weight excluding hydrogens is 256 g/mol. The van der Waals surface area contributed by atoms with Crippen molar-refractivity contribution in [1.82, 2.24) is 9.78 Å². The second-order valence-corrected chi connectivity index (χ2v) is 4.51. The van der Waals surface area contributed by atoms with E-state index in [0.717, 1.165) is 22.6 Å².